The van der Waals surface area contributed by atoms with Crippen LogP contribution >= 0.6 is 11.3 Å². The van der Waals surface area contributed by atoms with E-state index in [1.807, 2.05) is 6.92 Å². The summed E-state index contributed by atoms with van der Waals surface area (Å²) in [4.78, 5) is 19.0. The molecule has 7 heteroatoms. The summed E-state index contributed by atoms with van der Waals surface area (Å²) in [5.74, 6) is -0.0177. The van der Waals surface area contributed by atoms with Crippen molar-refractivity contribution >= 4 is 17.2 Å². The van der Waals surface area contributed by atoms with Crippen molar-refractivity contribution in [2.24, 2.45) is 0 Å². The lowest BCUT2D eigenvalue weighted by Crippen LogP contribution is -2.37. The van der Waals surface area contributed by atoms with Crippen LogP contribution in [-0.4, -0.2) is 60.8 Å². The third-order valence-electron chi connectivity index (χ3n) is 4.32. The lowest BCUT2D eigenvalue weighted by molar-refractivity contribution is -0.132. The van der Waals surface area contributed by atoms with Gasteiger partial charge in [-0.3, -0.25) is 9.69 Å². The molecular formula is C15H23N3O3S. The standard InChI is InChI=1S/C15H23N3O3S/c1-10-17-11(9-22-10)8-18-5-3-13-12(18)7-14(21-13)15(19)16-4-6-20-2/h9,12-14H,3-8H2,1-2H3,(H,16,19)/t12-,13-,14+/m0/s1. The fourth-order valence-electron chi connectivity index (χ4n) is 3.28. The zero-order chi connectivity index (χ0) is 15.5. The van der Waals surface area contributed by atoms with Gasteiger partial charge in [-0.1, -0.05) is 0 Å². The van der Waals surface area contributed by atoms with Gasteiger partial charge in [0.15, 0.2) is 0 Å². The number of aromatic nitrogens is 1. The first-order valence-electron chi connectivity index (χ1n) is 7.74. The van der Waals surface area contributed by atoms with Crippen LogP contribution in [0.15, 0.2) is 5.38 Å². The zero-order valence-electron chi connectivity index (χ0n) is 13.1. The van der Waals surface area contributed by atoms with Crippen molar-refractivity contribution in [1.29, 1.82) is 0 Å². The molecule has 0 aromatic carbocycles. The summed E-state index contributed by atoms with van der Waals surface area (Å²) in [6, 6.07) is 0.334. The smallest absolute Gasteiger partial charge is 0.249 e. The maximum atomic E-state index is 12.1. The van der Waals surface area contributed by atoms with Crippen LogP contribution in [0, 0.1) is 6.92 Å². The third kappa shape index (κ3) is 3.48. The first kappa shape index (κ1) is 15.9. The molecule has 0 radical (unpaired) electrons. The van der Waals surface area contributed by atoms with Gasteiger partial charge in [0.2, 0.25) is 5.91 Å². The minimum absolute atomic E-state index is 0.0177. The fraction of sp³-hybridized carbons (Fsp3) is 0.733. The van der Waals surface area contributed by atoms with E-state index in [-0.39, 0.29) is 18.1 Å². The molecule has 0 spiro atoms. The van der Waals surface area contributed by atoms with Gasteiger partial charge >= 0.3 is 0 Å². The second kappa shape index (κ2) is 7.04. The number of amides is 1. The second-order valence-electron chi connectivity index (χ2n) is 5.87. The quantitative estimate of drug-likeness (QED) is 0.789. The van der Waals surface area contributed by atoms with Crippen LogP contribution in [0.25, 0.3) is 0 Å². The van der Waals surface area contributed by atoms with E-state index in [1.54, 1.807) is 18.4 Å². The monoisotopic (exact) mass is 325 g/mol. The van der Waals surface area contributed by atoms with Crippen LogP contribution in [0.5, 0.6) is 0 Å². The molecule has 1 aromatic rings. The molecule has 6 nitrogen and oxygen atoms in total. The van der Waals surface area contributed by atoms with Gasteiger partial charge in [0.05, 0.1) is 23.4 Å². The number of carbonyl (C=O) groups is 1. The van der Waals surface area contributed by atoms with Crippen LogP contribution in [0.3, 0.4) is 0 Å². The highest BCUT2D eigenvalue weighted by atomic mass is 32.1. The summed E-state index contributed by atoms with van der Waals surface area (Å²) in [6.45, 7) is 4.96. The Balaban J connectivity index is 1.53. The third-order valence-corrected chi connectivity index (χ3v) is 5.15. The molecule has 0 saturated carbocycles. The molecule has 1 aromatic heterocycles. The van der Waals surface area contributed by atoms with Crippen molar-refractivity contribution in [1.82, 2.24) is 15.2 Å². The Morgan fingerprint density at radius 2 is 2.50 bits per heavy atom. The molecule has 3 rings (SSSR count). The summed E-state index contributed by atoms with van der Waals surface area (Å²) in [5.41, 5.74) is 1.12. The molecule has 22 heavy (non-hydrogen) atoms. The van der Waals surface area contributed by atoms with Crippen molar-refractivity contribution in [3.8, 4) is 0 Å². The fourth-order valence-corrected chi connectivity index (χ4v) is 3.88. The topological polar surface area (TPSA) is 63.7 Å². The Morgan fingerprint density at radius 1 is 1.64 bits per heavy atom. The molecular weight excluding hydrogens is 302 g/mol. The van der Waals surface area contributed by atoms with E-state index in [2.05, 4.69) is 20.6 Å². The average Bonchev–Trinajstić information content (AvgIpc) is 3.17. The Kier molecular flexibility index (Phi) is 5.07. The number of thiazole rings is 1. The van der Waals surface area contributed by atoms with Gasteiger partial charge in [0.25, 0.3) is 0 Å². The number of aryl methyl sites for hydroxylation is 1. The van der Waals surface area contributed by atoms with E-state index in [4.69, 9.17) is 9.47 Å². The summed E-state index contributed by atoms with van der Waals surface area (Å²) in [7, 11) is 1.63. The van der Waals surface area contributed by atoms with E-state index >= 15 is 0 Å². The van der Waals surface area contributed by atoms with Crippen LogP contribution in [0.1, 0.15) is 23.5 Å². The highest BCUT2D eigenvalue weighted by molar-refractivity contribution is 7.09. The number of rotatable bonds is 6. The van der Waals surface area contributed by atoms with Gasteiger partial charge in [-0.25, -0.2) is 4.98 Å². The second-order valence-corrected chi connectivity index (χ2v) is 6.93. The Morgan fingerprint density at radius 3 is 3.23 bits per heavy atom. The van der Waals surface area contributed by atoms with E-state index in [1.165, 1.54) is 0 Å². The van der Waals surface area contributed by atoms with Gasteiger partial charge in [0.1, 0.15) is 6.10 Å². The molecule has 1 N–H and O–H groups in total. The summed E-state index contributed by atoms with van der Waals surface area (Å²) < 4.78 is 10.9. The number of nitrogens with zero attached hydrogens (tertiary/aromatic N) is 2. The predicted octanol–water partition coefficient (Wildman–Crippen LogP) is 0.946. The Bertz CT molecular complexity index is 522. The molecule has 2 fully saturated rings. The molecule has 3 heterocycles. The maximum Gasteiger partial charge on any atom is 0.249 e. The van der Waals surface area contributed by atoms with E-state index in [9.17, 15) is 4.79 Å². The number of likely N-dealkylation sites (tertiary alicyclic amines) is 1. The molecule has 122 valence electrons. The van der Waals surface area contributed by atoms with Crippen LogP contribution in [0.2, 0.25) is 0 Å². The van der Waals surface area contributed by atoms with Gasteiger partial charge < -0.3 is 14.8 Å². The van der Waals surface area contributed by atoms with Crippen molar-refractivity contribution < 1.29 is 14.3 Å². The van der Waals surface area contributed by atoms with Crippen molar-refractivity contribution in [2.75, 3.05) is 26.8 Å². The number of carbonyl (C=O) groups excluding carboxylic acids is 1. The number of fused-ring (bicyclic) bond motifs is 1. The summed E-state index contributed by atoms with van der Waals surface area (Å²) in [5, 5.41) is 6.08. The van der Waals surface area contributed by atoms with Crippen molar-refractivity contribution in [3.63, 3.8) is 0 Å². The van der Waals surface area contributed by atoms with Gasteiger partial charge in [-0.2, -0.15) is 0 Å². The molecule has 0 bridgehead atoms. The van der Waals surface area contributed by atoms with Gasteiger partial charge in [-0.05, 0) is 13.3 Å². The molecule has 2 saturated heterocycles. The molecule has 2 aliphatic heterocycles. The van der Waals surface area contributed by atoms with Crippen LogP contribution in [-0.2, 0) is 20.8 Å². The molecule has 0 aliphatic carbocycles. The highest BCUT2D eigenvalue weighted by Crippen LogP contribution is 2.34. The predicted molar refractivity (Wildman–Crippen MR) is 83.8 cm³/mol. The number of ether oxygens (including phenoxy) is 2. The number of hydrogen-bond acceptors (Lipinski definition) is 6. The van der Waals surface area contributed by atoms with Crippen molar-refractivity contribution in [3.05, 3.63) is 16.1 Å². The number of hydrogen-bond donors (Lipinski definition) is 1. The molecule has 3 atom stereocenters. The number of nitrogens with one attached hydrogen (secondary N) is 1. The lowest BCUT2D eigenvalue weighted by Gasteiger charge is -2.21. The van der Waals surface area contributed by atoms with Crippen molar-refractivity contribution in [2.45, 2.75) is 44.6 Å². The SMILES string of the molecule is COCCNC(=O)[C@H]1C[C@H]2[C@H](CCN2Cc2csc(C)n2)O1. The zero-order valence-corrected chi connectivity index (χ0v) is 13.9. The van der Waals surface area contributed by atoms with Crippen LogP contribution < -0.4 is 5.32 Å². The minimum Gasteiger partial charge on any atom is -0.383 e. The first-order chi connectivity index (χ1) is 10.7. The molecule has 2 aliphatic rings. The van der Waals surface area contributed by atoms with E-state index < -0.39 is 0 Å². The maximum absolute atomic E-state index is 12.1. The largest absolute Gasteiger partial charge is 0.383 e. The minimum atomic E-state index is -0.327. The Labute approximate surface area is 134 Å². The molecule has 1 amide bonds. The van der Waals surface area contributed by atoms with Gasteiger partial charge in [0, 0.05) is 44.6 Å². The van der Waals surface area contributed by atoms with Crippen LogP contribution in [0.4, 0.5) is 0 Å². The van der Waals surface area contributed by atoms with E-state index in [0.717, 1.165) is 36.6 Å². The average molecular weight is 325 g/mol. The summed E-state index contributed by atoms with van der Waals surface area (Å²) in [6.07, 6.45) is 1.62. The summed E-state index contributed by atoms with van der Waals surface area (Å²) >= 11 is 1.68. The lowest BCUT2D eigenvalue weighted by atomic mass is 10.1. The molecule has 0 unspecified atom stereocenters. The Hall–Kier alpha value is -1.02. The van der Waals surface area contributed by atoms with Gasteiger partial charge in [-0.15, -0.1) is 11.3 Å². The normalized spacial score (nSPS) is 28.0. The van der Waals surface area contributed by atoms with E-state index in [0.29, 0.717) is 19.2 Å². The highest BCUT2D eigenvalue weighted by Gasteiger charge is 2.45. The first-order valence-corrected chi connectivity index (χ1v) is 8.62. The number of methoxy groups -OCH3 is 1.